The van der Waals surface area contributed by atoms with Crippen molar-refractivity contribution in [3.63, 3.8) is 0 Å². The molecule has 1 N–H and O–H groups in total. The van der Waals surface area contributed by atoms with E-state index in [0.29, 0.717) is 18.1 Å². The van der Waals surface area contributed by atoms with E-state index < -0.39 is 6.09 Å². The van der Waals surface area contributed by atoms with Gasteiger partial charge in [0.05, 0.1) is 20.3 Å². The Morgan fingerprint density at radius 3 is 2.25 bits per heavy atom. The molecule has 0 unspecified atom stereocenters. The highest BCUT2D eigenvalue weighted by atomic mass is 35.5. The number of amides is 1. The third kappa shape index (κ3) is 3.28. The smallest absolute Gasteiger partial charge is 0.407 e. The third-order valence-corrected chi connectivity index (χ3v) is 3.33. The Kier molecular flexibility index (Phi) is 5.11. The zero-order valence-corrected chi connectivity index (χ0v) is 12.9. The van der Waals surface area contributed by atoms with Gasteiger partial charge in [0.2, 0.25) is 0 Å². The van der Waals surface area contributed by atoms with Crippen LogP contribution in [0.2, 0.25) is 0 Å². The van der Waals surface area contributed by atoms with Crippen molar-refractivity contribution in [2.24, 2.45) is 5.41 Å². The van der Waals surface area contributed by atoms with Crippen LogP contribution in [0.1, 0.15) is 25.5 Å². The van der Waals surface area contributed by atoms with Crippen LogP contribution in [0.3, 0.4) is 0 Å². The van der Waals surface area contributed by atoms with Crippen LogP contribution in [0.5, 0.6) is 11.5 Å². The van der Waals surface area contributed by atoms with Gasteiger partial charge in [0.1, 0.15) is 18.1 Å². The van der Waals surface area contributed by atoms with Crippen molar-refractivity contribution in [1.82, 2.24) is 5.32 Å². The van der Waals surface area contributed by atoms with Gasteiger partial charge in [-0.15, -0.1) is 12.4 Å². The minimum absolute atomic E-state index is 0. The van der Waals surface area contributed by atoms with Crippen LogP contribution in [0.4, 0.5) is 4.79 Å². The van der Waals surface area contributed by atoms with E-state index in [1.54, 1.807) is 20.3 Å². The van der Waals surface area contributed by atoms with E-state index in [0.717, 1.165) is 5.56 Å². The molecule has 2 rings (SSSR count). The quantitative estimate of drug-likeness (QED) is 0.932. The molecule has 0 aliphatic carbocycles. The summed E-state index contributed by atoms with van der Waals surface area (Å²) in [5, 5.41) is 2.85. The molecule has 20 heavy (non-hydrogen) atoms. The van der Waals surface area contributed by atoms with E-state index in [1.807, 2.05) is 26.0 Å². The Bertz CT molecular complexity index is 468. The summed E-state index contributed by atoms with van der Waals surface area (Å²) in [6, 6.07) is 5.47. The van der Waals surface area contributed by atoms with E-state index in [-0.39, 0.29) is 23.9 Å². The molecule has 1 heterocycles. The fourth-order valence-electron chi connectivity index (χ4n) is 2.22. The Morgan fingerprint density at radius 1 is 1.20 bits per heavy atom. The molecule has 0 bridgehead atoms. The first-order valence-electron chi connectivity index (χ1n) is 6.12. The van der Waals surface area contributed by atoms with Gasteiger partial charge in [0.25, 0.3) is 0 Å². The molecule has 1 aliphatic rings. The first-order valence-corrected chi connectivity index (χ1v) is 6.12. The largest absolute Gasteiger partial charge is 0.497 e. The fourth-order valence-corrected chi connectivity index (χ4v) is 2.22. The molecule has 5 nitrogen and oxygen atoms in total. The monoisotopic (exact) mass is 301 g/mol. The number of carbonyl (C=O) groups excluding carboxylic acids is 1. The van der Waals surface area contributed by atoms with Gasteiger partial charge in [-0.05, 0) is 17.7 Å². The predicted molar refractivity (Wildman–Crippen MR) is 77.8 cm³/mol. The number of rotatable bonds is 3. The van der Waals surface area contributed by atoms with Crippen LogP contribution in [0.25, 0.3) is 0 Å². The minimum Gasteiger partial charge on any atom is -0.497 e. The summed E-state index contributed by atoms with van der Waals surface area (Å²) in [6.45, 7) is 4.47. The van der Waals surface area contributed by atoms with E-state index >= 15 is 0 Å². The molecule has 1 fully saturated rings. The second-order valence-corrected chi connectivity index (χ2v) is 5.29. The summed E-state index contributed by atoms with van der Waals surface area (Å²) in [7, 11) is 3.21. The van der Waals surface area contributed by atoms with Crippen molar-refractivity contribution in [3.05, 3.63) is 23.8 Å². The molecule has 1 atom stereocenters. The molecule has 6 heteroatoms. The normalized spacial score (nSPS) is 20.2. The predicted octanol–water partition coefficient (Wildman–Crippen LogP) is 2.93. The van der Waals surface area contributed by atoms with Gasteiger partial charge in [-0.25, -0.2) is 4.79 Å². The first kappa shape index (κ1) is 16.4. The van der Waals surface area contributed by atoms with Crippen LogP contribution >= 0.6 is 12.4 Å². The zero-order chi connectivity index (χ0) is 14.0. The highest BCUT2D eigenvalue weighted by Gasteiger charge is 2.38. The maximum Gasteiger partial charge on any atom is 0.407 e. The molecular weight excluding hydrogens is 282 g/mol. The van der Waals surface area contributed by atoms with Gasteiger partial charge in [-0.3, -0.25) is 0 Å². The van der Waals surface area contributed by atoms with E-state index in [4.69, 9.17) is 14.2 Å². The average Bonchev–Trinajstić information content (AvgIpc) is 2.40. The topological polar surface area (TPSA) is 56.8 Å². The maximum atomic E-state index is 11.4. The summed E-state index contributed by atoms with van der Waals surface area (Å²) < 4.78 is 15.6. The standard InChI is InChI=1S/C14H19NO4.ClH/c1-14(2)8-19-13(16)15-12(14)9-5-10(17-3)7-11(6-9)18-4;/h5-7,12H,8H2,1-4H3,(H,15,16);1H/t12-;/m0./s1. The number of alkyl carbamates (subject to hydrolysis) is 1. The maximum absolute atomic E-state index is 11.4. The lowest BCUT2D eigenvalue weighted by Gasteiger charge is -2.38. The molecule has 0 aromatic heterocycles. The first-order chi connectivity index (χ1) is 8.96. The number of benzene rings is 1. The number of hydrogen-bond acceptors (Lipinski definition) is 4. The molecule has 0 radical (unpaired) electrons. The Hall–Kier alpha value is -1.62. The molecule has 1 saturated heterocycles. The van der Waals surface area contributed by atoms with Gasteiger partial charge in [-0.2, -0.15) is 0 Å². The lowest BCUT2D eigenvalue weighted by atomic mass is 9.80. The van der Waals surface area contributed by atoms with Gasteiger partial charge in [-0.1, -0.05) is 13.8 Å². The fraction of sp³-hybridized carbons (Fsp3) is 0.500. The van der Waals surface area contributed by atoms with Crippen LogP contribution in [-0.2, 0) is 4.74 Å². The molecular formula is C14H20ClNO4. The van der Waals surface area contributed by atoms with Crippen molar-refractivity contribution in [3.8, 4) is 11.5 Å². The number of carbonyl (C=O) groups is 1. The molecule has 1 aromatic rings. The number of cyclic esters (lactones) is 1. The number of halogens is 1. The molecule has 112 valence electrons. The van der Waals surface area contributed by atoms with Crippen molar-refractivity contribution in [2.75, 3.05) is 20.8 Å². The van der Waals surface area contributed by atoms with Crippen LogP contribution in [0.15, 0.2) is 18.2 Å². The number of nitrogens with one attached hydrogen (secondary N) is 1. The summed E-state index contributed by atoms with van der Waals surface area (Å²) in [4.78, 5) is 11.4. The molecule has 1 aliphatic heterocycles. The number of methoxy groups -OCH3 is 2. The average molecular weight is 302 g/mol. The summed E-state index contributed by atoms with van der Waals surface area (Å²) in [6.07, 6.45) is -0.397. The Balaban J connectivity index is 0.00000200. The second kappa shape index (κ2) is 6.22. The molecule has 0 spiro atoms. The van der Waals surface area contributed by atoms with E-state index in [1.165, 1.54) is 0 Å². The summed E-state index contributed by atoms with van der Waals surface area (Å²) in [5.41, 5.74) is 0.739. The van der Waals surface area contributed by atoms with Gasteiger partial charge in [0, 0.05) is 11.5 Å². The SMILES string of the molecule is COc1cc(OC)cc([C@@H]2NC(=O)OCC2(C)C)c1.Cl. The second-order valence-electron chi connectivity index (χ2n) is 5.29. The highest BCUT2D eigenvalue weighted by Crippen LogP contribution is 2.39. The van der Waals surface area contributed by atoms with Gasteiger partial charge < -0.3 is 19.5 Å². The van der Waals surface area contributed by atoms with Crippen molar-refractivity contribution in [2.45, 2.75) is 19.9 Å². The summed E-state index contributed by atoms with van der Waals surface area (Å²) in [5.74, 6) is 1.40. The molecule has 1 amide bonds. The summed E-state index contributed by atoms with van der Waals surface area (Å²) >= 11 is 0. The Morgan fingerprint density at radius 2 is 1.75 bits per heavy atom. The molecule has 1 aromatic carbocycles. The van der Waals surface area contributed by atoms with Crippen molar-refractivity contribution in [1.29, 1.82) is 0 Å². The van der Waals surface area contributed by atoms with Crippen molar-refractivity contribution < 1.29 is 19.0 Å². The van der Waals surface area contributed by atoms with Crippen LogP contribution in [0, 0.1) is 5.41 Å². The Labute approximate surface area is 125 Å². The van der Waals surface area contributed by atoms with Crippen LogP contribution in [-0.4, -0.2) is 26.9 Å². The van der Waals surface area contributed by atoms with E-state index in [2.05, 4.69) is 5.32 Å². The van der Waals surface area contributed by atoms with Gasteiger partial charge >= 0.3 is 6.09 Å². The molecule has 0 saturated carbocycles. The van der Waals surface area contributed by atoms with Gasteiger partial charge in [0.15, 0.2) is 0 Å². The van der Waals surface area contributed by atoms with Crippen molar-refractivity contribution >= 4 is 18.5 Å². The number of ether oxygens (including phenoxy) is 3. The third-order valence-electron chi connectivity index (χ3n) is 3.33. The minimum atomic E-state index is -0.397. The van der Waals surface area contributed by atoms with Crippen LogP contribution < -0.4 is 14.8 Å². The lowest BCUT2D eigenvalue weighted by molar-refractivity contribution is 0.0386. The lowest BCUT2D eigenvalue weighted by Crippen LogP contribution is -2.46. The van der Waals surface area contributed by atoms with E-state index in [9.17, 15) is 4.79 Å². The zero-order valence-electron chi connectivity index (χ0n) is 12.1. The number of hydrogen-bond donors (Lipinski definition) is 1. The highest BCUT2D eigenvalue weighted by molar-refractivity contribution is 5.85.